The van der Waals surface area contributed by atoms with Crippen LogP contribution < -0.4 is 5.32 Å². The number of benzene rings is 2. The highest BCUT2D eigenvalue weighted by atomic mass is 15.1. The summed E-state index contributed by atoms with van der Waals surface area (Å²) >= 11 is 0. The van der Waals surface area contributed by atoms with Crippen LogP contribution in [0.3, 0.4) is 0 Å². The normalized spacial score (nSPS) is 11.0. The Hall–Kier alpha value is -2.42. The zero-order chi connectivity index (χ0) is 14.7. The van der Waals surface area contributed by atoms with Crippen LogP contribution in [0.25, 0.3) is 10.9 Å². The second kappa shape index (κ2) is 5.92. The minimum atomic E-state index is 0.570. The van der Waals surface area contributed by atoms with Crippen molar-refractivity contribution in [2.24, 2.45) is 0 Å². The molecular formula is C18H19N3. The molecule has 106 valence electrons. The van der Waals surface area contributed by atoms with E-state index in [9.17, 15) is 0 Å². The van der Waals surface area contributed by atoms with E-state index >= 15 is 0 Å². The molecule has 1 aromatic heterocycles. The van der Waals surface area contributed by atoms with Crippen LogP contribution in [0.15, 0.2) is 54.7 Å². The molecule has 21 heavy (non-hydrogen) atoms. The monoisotopic (exact) mass is 277 g/mol. The average Bonchev–Trinajstić information content (AvgIpc) is 2.53. The lowest BCUT2D eigenvalue weighted by Crippen LogP contribution is -2.01. The van der Waals surface area contributed by atoms with E-state index in [2.05, 4.69) is 59.7 Å². The Morgan fingerprint density at radius 1 is 1.00 bits per heavy atom. The van der Waals surface area contributed by atoms with Crippen molar-refractivity contribution in [3.8, 4) is 0 Å². The molecule has 0 unspecified atom stereocenters. The molecule has 0 saturated heterocycles. The SMILES string of the molecule is CC(C)c1ccc(CNc2cnnc3ccccc23)cc1. The molecule has 0 atom stereocenters. The number of hydrogen-bond donors (Lipinski definition) is 1. The van der Waals surface area contributed by atoms with Crippen molar-refractivity contribution < 1.29 is 0 Å². The standard InChI is InChI=1S/C18H19N3/c1-13(2)15-9-7-14(8-10-15)11-19-18-12-20-21-17-6-4-3-5-16(17)18/h3-10,12-13H,11H2,1-2H3,(H,19,21). The number of aromatic nitrogens is 2. The summed E-state index contributed by atoms with van der Waals surface area (Å²) in [5.74, 6) is 0.570. The van der Waals surface area contributed by atoms with Crippen LogP contribution >= 0.6 is 0 Å². The lowest BCUT2D eigenvalue weighted by molar-refractivity contribution is 0.865. The molecule has 0 bridgehead atoms. The summed E-state index contributed by atoms with van der Waals surface area (Å²) in [5.41, 5.74) is 4.57. The Bertz CT molecular complexity index is 728. The van der Waals surface area contributed by atoms with E-state index in [0.29, 0.717) is 5.92 Å². The molecule has 3 heteroatoms. The van der Waals surface area contributed by atoms with Gasteiger partial charge in [0.15, 0.2) is 0 Å². The molecule has 0 saturated carbocycles. The van der Waals surface area contributed by atoms with Gasteiger partial charge in [-0.3, -0.25) is 0 Å². The highest BCUT2D eigenvalue weighted by Crippen LogP contribution is 2.21. The Labute approximate surface area is 125 Å². The summed E-state index contributed by atoms with van der Waals surface area (Å²) in [5, 5.41) is 12.7. The van der Waals surface area contributed by atoms with Crippen molar-refractivity contribution in [3.63, 3.8) is 0 Å². The van der Waals surface area contributed by atoms with E-state index in [1.807, 2.05) is 18.2 Å². The third-order valence-corrected chi connectivity index (χ3v) is 3.68. The summed E-state index contributed by atoms with van der Waals surface area (Å²) in [4.78, 5) is 0. The number of hydrogen-bond acceptors (Lipinski definition) is 3. The lowest BCUT2D eigenvalue weighted by Gasteiger charge is -2.10. The van der Waals surface area contributed by atoms with E-state index in [1.54, 1.807) is 6.20 Å². The third kappa shape index (κ3) is 3.02. The molecule has 0 aliphatic carbocycles. The van der Waals surface area contributed by atoms with Crippen LogP contribution in [0.4, 0.5) is 5.69 Å². The second-order valence-electron chi connectivity index (χ2n) is 5.53. The summed E-state index contributed by atoms with van der Waals surface area (Å²) in [6, 6.07) is 16.8. The second-order valence-corrected chi connectivity index (χ2v) is 5.53. The smallest absolute Gasteiger partial charge is 0.0950 e. The highest BCUT2D eigenvalue weighted by Gasteiger charge is 2.03. The fourth-order valence-electron chi connectivity index (χ4n) is 2.37. The van der Waals surface area contributed by atoms with Crippen LogP contribution in [0.2, 0.25) is 0 Å². The van der Waals surface area contributed by atoms with Gasteiger partial charge in [-0.15, -0.1) is 0 Å². The Morgan fingerprint density at radius 2 is 1.76 bits per heavy atom. The number of fused-ring (bicyclic) bond motifs is 1. The Morgan fingerprint density at radius 3 is 2.52 bits per heavy atom. The lowest BCUT2D eigenvalue weighted by atomic mass is 10.0. The summed E-state index contributed by atoms with van der Waals surface area (Å²) in [7, 11) is 0. The Kier molecular flexibility index (Phi) is 3.82. The zero-order valence-corrected chi connectivity index (χ0v) is 12.4. The first kappa shape index (κ1) is 13.6. The molecule has 3 aromatic rings. The predicted molar refractivity (Wildman–Crippen MR) is 87.4 cm³/mol. The molecule has 0 fully saturated rings. The summed E-state index contributed by atoms with van der Waals surface area (Å²) in [6.45, 7) is 5.21. The van der Waals surface area contributed by atoms with Crippen molar-refractivity contribution >= 4 is 16.6 Å². The van der Waals surface area contributed by atoms with Gasteiger partial charge in [-0.05, 0) is 23.1 Å². The van der Waals surface area contributed by atoms with E-state index in [-0.39, 0.29) is 0 Å². The minimum Gasteiger partial charge on any atom is -0.379 e. The quantitative estimate of drug-likeness (QED) is 0.769. The van der Waals surface area contributed by atoms with Crippen LogP contribution in [-0.4, -0.2) is 10.2 Å². The maximum Gasteiger partial charge on any atom is 0.0950 e. The molecule has 3 nitrogen and oxygen atoms in total. The van der Waals surface area contributed by atoms with Crippen LogP contribution in [0, 0.1) is 0 Å². The number of nitrogens with one attached hydrogen (secondary N) is 1. The van der Waals surface area contributed by atoms with Crippen molar-refractivity contribution in [2.75, 3.05) is 5.32 Å². The minimum absolute atomic E-state index is 0.570. The average molecular weight is 277 g/mol. The van der Waals surface area contributed by atoms with E-state index in [1.165, 1.54) is 11.1 Å². The summed E-state index contributed by atoms with van der Waals surface area (Å²) in [6.07, 6.45) is 1.78. The van der Waals surface area contributed by atoms with Gasteiger partial charge in [-0.2, -0.15) is 10.2 Å². The van der Waals surface area contributed by atoms with Gasteiger partial charge in [0.1, 0.15) is 0 Å². The van der Waals surface area contributed by atoms with Gasteiger partial charge in [0, 0.05) is 11.9 Å². The van der Waals surface area contributed by atoms with E-state index in [4.69, 9.17) is 0 Å². The first-order valence-corrected chi connectivity index (χ1v) is 7.27. The molecule has 1 N–H and O–H groups in total. The zero-order valence-electron chi connectivity index (χ0n) is 12.4. The molecule has 0 aliphatic rings. The number of anilines is 1. The van der Waals surface area contributed by atoms with Gasteiger partial charge < -0.3 is 5.32 Å². The van der Waals surface area contributed by atoms with Crippen molar-refractivity contribution in [1.29, 1.82) is 0 Å². The summed E-state index contributed by atoms with van der Waals surface area (Å²) < 4.78 is 0. The van der Waals surface area contributed by atoms with Crippen molar-refractivity contribution in [1.82, 2.24) is 10.2 Å². The molecular weight excluding hydrogens is 258 g/mol. The van der Waals surface area contributed by atoms with Gasteiger partial charge in [-0.1, -0.05) is 56.3 Å². The Balaban J connectivity index is 1.77. The number of nitrogens with zero attached hydrogens (tertiary/aromatic N) is 2. The maximum absolute atomic E-state index is 4.14. The van der Waals surface area contributed by atoms with Gasteiger partial charge >= 0.3 is 0 Å². The van der Waals surface area contributed by atoms with Gasteiger partial charge in [0.2, 0.25) is 0 Å². The van der Waals surface area contributed by atoms with Gasteiger partial charge in [0.05, 0.1) is 17.4 Å². The van der Waals surface area contributed by atoms with Crippen LogP contribution in [0.5, 0.6) is 0 Å². The van der Waals surface area contributed by atoms with E-state index in [0.717, 1.165) is 23.1 Å². The molecule has 0 spiro atoms. The predicted octanol–water partition coefficient (Wildman–Crippen LogP) is 4.37. The van der Waals surface area contributed by atoms with Gasteiger partial charge in [0.25, 0.3) is 0 Å². The largest absolute Gasteiger partial charge is 0.379 e. The van der Waals surface area contributed by atoms with E-state index < -0.39 is 0 Å². The molecule has 2 aromatic carbocycles. The first-order valence-electron chi connectivity index (χ1n) is 7.27. The van der Waals surface area contributed by atoms with Crippen LogP contribution in [-0.2, 0) is 6.54 Å². The molecule has 0 radical (unpaired) electrons. The number of rotatable bonds is 4. The van der Waals surface area contributed by atoms with Crippen LogP contribution in [0.1, 0.15) is 30.9 Å². The van der Waals surface area contributed by atoms with Crippen molar-refractivity contribution in [2.45, 2.75) is 26.3 Å². The van der Waals surface area contributed by atoms with Crippen molar-refractivity contribution in [3.05, 3.63) is 65.9 Å². The fourth-order valence-corrected chi connectivity index (χ4v) is 2.37. The molecule has 1 heterocycles. The maximum atomic E-state index is 4.14. The third-order valence-electron chi connectivity index (χ3n) is 3.68. The molecule has 3 rings (SSSR count). The molecule has 0 aliphatic heterocycles. The fraction of sp³-hybridized carbons (Fsp3) is 0.222. The van der Waals surface area contributed by atoms with Gasteiger partial charge in [-0.25, -0.2) is 0 Å². The highest BCUT2D eigenvalue weighted by molar-refractivity contribution is 5.90. The first-order chi connectivity index (χ1) is 10.2. The topological polar surface area (TPSA) is 37.8 Å². The molecule has 0 amide bonds.